The van der Waals surface area contributed by atoms with Gasteiger partial charge in [-0.3, -0.25) is 9.48 Å². The van der Waals surface area contributed by atoms with E-state index in [0.29, 0.717) is 23.7 Å². The Bertz CT molecular complexity index is 888. The number of fused-ring (bicyclic) bond motifs is 2. The van der Waals surface area contributed by atoms with E-state index < -0.39 is 12.0 Å². The fraction of sp³-hybridized carbons (Fsp3) is 0.556. The minimum absolute atomic E-state index is 0.0786. The van der Waals surface area contributed by atoms with E-state index in [4.69, 9.17) is 0 Å². The van der Waals surface area contributed by atoms with Crippen molar-refractivity contribution in [2.24, 2.45) is 18.9 Å². The highest BCUT2D eigenvalue weighted by molar-refractivity contribution is 6.07. The first-order valence-corrected chi connectivity index (χ1v) is 8.73. The number of nitrogens with zero attached hydrogens (tertiary/aromatic N) is 4. The highest BCUT2D eigenvalue weighted by atomic mass is 16.4. The summed E-state index contributed by atoms with van der Waals surface area (Å²) in [6, 6.07) is 1.03. The predicted molar refractivity (Wildman–Crippen MR) is 91.3 cm³/mol. The van der Waals surface area contributed by atoms with E-state index in [2.05, 4.69) is 10.1 Å². The molecule has 132 valence electrons. The third kappa shape index (κ3) is 2.33. The van der Waals surface area contributed by atoms with Crippen molar-refractivity contribution in [1.82, 2.24) is 19.7 Å². The third-order valence-corrected chi connectivity index (χ3v) is 5.73. The molecule has 1 aliphatic carbocycles. The van der Waals surface area contributed by atoms with Gasteiger partial charge in [-0.1, -0.05) is 6.42 Å². The first-order valence-electron chi connectivity index (χ1n) is 8.73. The molecule has 0 spiro atoms. The topological polar surface area (TPSA) is 88.3 Å². The van der Waals surface area contributed by atoms with Crippen molar-refractivity contribution in [3.8, 4) is 0 Å². The third-order valence-electron chi connectivity index (χ3n) is 5.73. The summed E-state index contributed by atoms with van der Waals surface area (Å²) in [7, 11) is 1.80. The molecule has 1 saturated carbocycles. The molecule has 2 aliphatic rings. The van der Waals surface area contributed by atoms with Gasteiger partial charge in [-0.25, -0.2) is 9.78 Å². The molecule has 4 rings (SSSR count). The molecule has 3 unspecified atom stereocenters. The average Bonchev–Trinajstić information content (AvgIpc) is 3.19. The van der Waals surface area contributed by atoms with Gasteiger partial charge in [-0.2, -0.15) is 5.10 Å². The zero-order chi connectivity index (χ0) is 17.9. The van der Waals surface area contributed by atoms with Crippen molar-refractivity contribution in [2.75, 3.05) is 6.54 Å². The molecule has 1 saturated heterocycles. The monoisotopic (exact) mass is 342 g/mol. The van der Waals surface area contributed by atoms with Gasteiger partial charge in [-0.15, -0.1) is 0 Å². The molecule has 2 aromatic heterocycles. The van der Waals surface area contributed by atoms with Gasteiger partial charge in [0, 0.05) is 19.3 Å². The van der Waals surface area contributed by atoms with Crippen LogP contribution in [0.4, 0.5) is 0 Å². The van der Waals surface area contributed by atoms with Gasteiger partial charge in [0.1, 0.15) is 6.04 Å². The Balaban J connectivity index is 1.81. The van der Waals surface area contributed by atoms with E-state index in [0.717, 1.165) is 36.0 Å². The number of carboxylic acid groups (broad SMARTS) is 1. The fourth-order valence-electron chi connectivity index (χ4n) is 4.72. The predicted octanol–water partition coefficient (Wildman–Crippen LogP) is 1.91. The molecule has 0 bridgehead atoms. The number of carbonyl (C=O) groups excluding carboxylic acids is 1. The summed E-state index contributed by atoms with van der Waals surface area (Å²) in [6.45, 7) is 4.22. The minimum atomic E-state index is -0.896. The van der Waals surface area contributed by atoms with E-state index in [9.17, 15) is 14.7 Å². The van der Waals surface area contributed by atoms with Crippen molar-refractivity contribution in [3.05, 3.63) is 23.0 Å². The number of aliphatic carboxylic acids is 1. The highest BCUT2D eigenvalue weighted by Gasteiger charge is 2.49. The molecule has 25 heavy (non-hydrogen) atoms. The smallest absolute Gasteiger partial charge is 0.326 e. The summed E-state index contributed by atoms with van der Waals surface area (Å²) in [6.07, 6.45) is 2.96. The Morgan fingerprint density at radius 2 is 2.04 bits per heavy atom. The van der Waals surface area contributed by atoms with Crippen LogP contribution in [0.2, 0.25) is 0 Å². The minimum Gasteiger partial charge on any atom is -0.480 e. The number of rotatable bonds is 2. The normalized spacial score (nSPS) is 25.6. The highest BCUT2D eigenvalue weighted by Crippen LogP contribution is 2.43. The first kappa shape index (κ1) is 16.1. The van der Waals surface area contributed by atoms with Crippen molar-refractivity contribution in [1.29, 1.82) is 0 Å². The van der Waals surface area contributed by atoms with Crippen LogP contribution in [-0.2, 0) is 11.8 Å². The number of hydrogen-bond donors (Lipinski definition) is 1. The van der Waals surface area contributed by atoms with E-state index >= 15 is 0 Å². The maximum absolute atomic E-state index is 13.3. The molecule has 2 aromatic rings. The van der Waals surface area contributed by atoms with Crippen molar-refractivity contribution in [3.63, 3.8) is 0 Å². The van der Waals surface area contributed by atoms with Gasteiger partial charge in [0.05, 0.1) is 16.6 Å². The number of pyridine rings is 1. The van der Waals surface area contributed by atoms with Crippen molar-refractivity contribution in [2.45, 2.75) is 39.2 Å². The van der Waals surface area contributed by atoms with Crippen LogP contribution in [0.15, 0.2) is 6.07 Å². The molecular weight excluding hydrogens is 320 g/mol. The van der Waals surface area contributed by atoms with Crippen LogP contribution >= 0.6 is 0 Å². The molecule has 3 heterocycles. The summed E-state index contributed by atoms with van der Waals surface area (Å²) in [4.78, 5) is 31.2. The number of carbonyl (C=O) groups is 2. The Morgan fingerprint density at radius 1 is 1.28 bits per heavy atom. The Hall–Kier alpha value is -2.44. The lowest BCUT2D eigenvalue weighted by molar-refractivity contribution is -0.142. The summed E-state index contributed by atoms with van der Waals surface area (Å²) >= 11 is 0. The van der Waals surface area contributed by atoms with Crippen molar-refractivity contribution < 1.29 is 14.7 Å². The standard InChI is InChI=1S/C18H22N4O3/c1-9-7-13(14-10(2)20-21(3)16(14)19-9)17(23)22-8-11-5-4-6-12(11)15(22)18(24)25/h7,11-12,15H,4-6,8H2,1-3H3,(H,24,25). The lowest BCUT2D eigenvalue weighted by atomic mass is 9.94. The second-order valence-electron chi connectivity index (χ2n) is 7.31. The number of aromatic nitrogens is 3. The zero-order valence-electron chi connectivity index (χ0n) is 14.7. The maximum Gasteiger partial charge on any atom is 0.326 e. The molecule has 7 heteroatoms. The largest absolute Gasteiger partial charge is 0.480 e. The van der Waals surface area contributed by atoms with Gasteiger partial charge in [0.2, 0.25) is 0 Å². The lowest BCUT2D eigenvalue weighted by Gasteiger charge is -2.25. The van der Waals surface area contributed by atoms with Crippen LogP contribution in [-0.4, -0.2) is 49.2 Å². The second kappa shape index (κ2) is 5.54. The van der Waals surface area contributed by atoms with Crippen LogP contribution in [0.3, 0.4) is 0 Å². The maximum atomic E-state index is 13.3. The molecule has 1 amide bonds. The van der Waals surface area contributed by atoms with Crippen LogP contribution in [0, 0.1) is 25.7 Å². The molecule has 1 N–H and O–H groups in total. The van der Waals surface area contributed by atoms with E-state index in [1.54, 1.807) is 22.7 Å². The van der Waals surface area contributed by atoms with Gasteiger partial charge >= 0.3 is 5.97 Å². The number of carboxylic acids is 1. The SMILES string of the molecule is Cc1cc(C(=O)N2CC3CCCC3C2C(=O)O)c2c(C)nn(C)c2n1. The van der Waals surface area contributed by atoms with Crippen LogP contribution in [0.25, 0.3) is 11.0 Å². The van der Waals surface area contributed by atoms with Gasteiger partial charge in [0.25, 0.3) is 5.91 Å². The average molecular weight is 342 g/mol. The van der Waals surface area contributed by atoms with Gasteiger partial charge in [-0.05, 0) is 44.6 Å². The number of hydrogen-bond acceptors (Lipinski definition) is 4. The van der Waals surface area contributed by atoms with Crippen molar-refractivity contribution >= 4 is 22.9 Å². The Labute approximate surface area is 145 Å². The molecule has 2 fully saturated rings. The molecule has 7 nitrogen and oxygen atoms in total. The Morgan fingerprint density at radius 3 is 2.76 bits per heavy atom. The number of aryl methyl sites for hydroxylation is 3. The number of likely N-dealkylation sites (tertiary alicyclic amines) is 1. The van der Waals surface area contributed by atoms with E-state index in [-0.39, 0.29) is 11.8 Å². The summed E-state index contributed by atoms with van der Waals surface area (Å²) < 4.78 is 1.67. The fourth-order valence-corrected chi connectivity index (χ4v) is 4.72. The zero-order valence-corrected chi connectivity index (χ0v) is 14.7. The van der Waals surface area contributed by atoms with Gasteiger partial charge in [0.15, 0.2) is 5.65 Å². The van der Waals surface area contributed by atoms with Crippen LogP contribution < -0.4 is 0 Å². The van der Waals surface area contributed by atoms with Gasteiger partial charge < -0.3 is 10.0 Å². The molecule has 1 aliphatic heterocycles. The van der Waals surface area contributed by atoms with Crippen LogP contribution in [0.1, 0.15) is 41.0 Å². The quantitative estimate of drug-likeness (QED) is 0.901. The summed E-state index contributed by atoms with van der Waals surface area (Å²) in [5, 5.41) is 14.8. The first-order chi connectivity index (χ1) is 11.9. The molecule has 0 radical (unpaired) electrons. The van der Waals surface area contributed by atoms with E-state index in [1.807, 2.05) is 13.8 Å². The summed E-state index contributed by atoms with van der Waals surface area (Å²) in [5.74, 6) is -0.727. The lowest BCUT2D eigenvalue weighted by Crippen LogP contribution is -2.43. The molecule has 0 aromatic carbocycles. The number of amides is 1. The van der Waals surface area contributed by atoms with E-state index in [1.165, 1.54) is 0 Å². The van der Waals surface area contributed by atoms with Crippen LogP contribution in [0.5, 0.6) is 0 Å². The summed E-state index contributed by atoms with van der Waals surface area (Å²) in [5.41, 5.74) is 2.64. The Kier molecular flexibility index (Phi) is 3.56. The molecule has 3 atom stereocenters. The molecular formula is C18H22N4O3. The second-order valence-corrected chi connectivity index (χ2v) is 7.31.